The van der Waals surface area contributed by atoms with Crippen molar-refractivity contribution in [1.29, 1.82) is 0 Å². The third kappa shape index (κ3) is 4.93. The average molecular weight is 317 g/mol. The Labute approximate surface area is 129 Å². The minimum atomic E-state index is -1.01. The highest BCUT2D eigenvalue weighted by Gasteiger charge is 2.47. The van der Waals surface area contributed by atoms with Gasteiger partial charge in [0.25, 0.3) is 0 Å². The van der Waals surface area contributed by atoms with E-state index in [-0.39, 0.29) is 13.2 Å². The Kier molecular flexibility index (Phi) is 6.10. The van der Waals surface area contributed by atoms with Gasteiger partial charge in [-0.3, -0.25) is 4.90 Å². The average Bonchev–Trinajstić information content (AvgIpc) is 2.77. The van der Waals surface area contributed by atoms with Crippen molar-refractivity contribution in [3.05, 3.63) is 12.7 Å². The van der Waals surface area contributed by atoms with E-state index in [0.29, 0.717) is 19.4 Å². The van der Waals surface area contributed by atoms with Gasteiger partial charge in [0, 0.05) is 6.54 Å². The highest BCUT2D eigenvalue weighted by molar-refractivity contribution is 8.14. The van der Waals surface area contributed by atoms with Gasteiger partial charge in [0.15, 0.2) is 0 Å². The molecule has 0 saturated carbocycles. The lowest BCUT2D eigenvalue weighted by Gasteiger charge is -2.35. The second kappa shape index (κ2) is 7.17. The first-order valence-corrected chi connectivity index (χ1v) is 7.64. The monoisotopic (exact) mass is 317 g/mol. The van der Waals surface area contributed by atoms with Crippen LogP contribution in [0.5, 0.6) is 0 Å². The molecule has 1 fully saturated rings. The smallest absolute Gasteiger partial charge is 0.411 e. The predicted molar refractivity (Wildman–Crippen MR) is 81.1 cm³/mol. The van der Waals surface area contributed by atoms with E-state index in [4.69, 9.17) is 9.47 Å². The first-order valence-electron chi connectivity index (χ1n) is 6.82. The van der Waals surface area contributed by atoms with Gasteiger partial charge in [0.05, 0.1) is 6.61 Å². The molecule has 6 nitrogen and oxygen atoms in total. The summed E-state index contributed by atoms with van der Waals surface area (Å²) in [7, 11) is 0. The molecule has 0 radical (unpaired) electrons. The Morgan fingerprint density at radius 2 is 2.14 bits per heavy atom. The van der Waals surface area contributed by atoms with Crippen LogP contribution in [0.25, 0.3) is 0 Å². The zero-order valence-electron chi connectivity index (χ0n) is 12.8. The predicted octanol–water partition coefficient (Wildman–Crippen LogP) is 2.76. The van der Waals surface area contributed by atoms with E-state index in [1.54, 1.807) is 20.8 Å². The number of amides is 1. The molecule has 0 aliphatic carbocycles. The summed E-state index contributed by atoms with van der Waals surface area (Å²) in [5.41, 5.74) is -0.618. The molecule has 1 N–H and O–H groups in total. The zero-order chi connectivity index (χ0) is 16.1. The summed E-state index contributed by atoms with van der Waals surface area (Å²) < 4.78 is 10.3. The summed E-state index contributed by atoms with van der Waals surface area (Å²) >= 11 is 0.840. The van der Waals surface area contributed by atoms with Crippen LogP contribution in [0.1, 0.15) is 33.6 Å². The van der Waals surface area contributed by atoms with Crippen LogP contribution in [0.15, 0.2) is 12.7 Å². The number of carbonyl (C=O) groups is 2. The van der Waals surface area contributed by atoms with Gasteiger partial charge in [0.1, 0.15) is 17.1 Å². The number of carbonyl (C=O) groups excluding carboxylic acids is 2. The minimum absolute atomic E-state index is 0.0912. The van der Waals surface area contributed by atoms with E-state index in [1.807, 2.05) is 0 Å². The summed E-state index contributed by atoms with van der Waals surface area (Å²) in [6, 6.07) is 0. The Balaban J connectivity index is 2.79. The summed E-state index contributed by atoms with van der Waals surface area (Å²) in [5, 5.41) is 9.20. The highest BCUT2D eigenvalue weighted by Crippen LogP contribution is 2.41. The van der Waals surface area contributed by atoms with Gasteiger partial charge in [-0.2, -0.15) is 0 Å². The molecule has 120 valence electrons. The zero-order valence-corrected chi connectivity index (χ0v) is 13.6. The van der Waals surface area contributed by atoms with E-state index in [9.17, 15) is 14.7 Å². The minimum Gasteiger partial charge on any atom is -0.452 e. The number of thioether (sulfide) groups is 1. The van der Waals surface area contributed by atoms with Crippen LogP contribution in [0, 0.1) is 0 Å². The third-order valence-corrected chi connectivity index (χ3v) is 4.08. The Hall–Kier alpha value is -1.21. The maximum atomic E-state index is 12.0. The number of hydrogen-bond donors (Lipinski definition) is 1. The summed E-state index contributed by atoms with van der Waals surface area (Å²) in [6.45, 7) is 8.97. The van der Waals surface area contributed by atoms with Crippen LogP contribution in [-0.2, 0) is 9.47 Å². The van der Waals surface area contributed by atoms with E-state index in [2.05, 4.69) is 6.58 Å². The highest BCUT2D eigenvalue weighted by atomic mass is 32.2. The van der Waals surface area contributed by atoms with E-state index < -0.39 is 21.9 Å². The van der Waals surface area contributed by atoms with Crippen molar-refractivity contribution >= 4 is 23.2 Å². The van der Waals surface area contributed by atoms with Crippen LogP contribution in [0.2, 0.25) is 0 Å². The van der Waals surface area contributed by atoms with Crippen LogP contribution < -0.4 is 0 Å². The maximum absolute atomic E-state index is 12.0. The lowest BCUT2D eigenvalue weighted by Crippen LogP contribution is -2.48. The van der Waals surface area contributed by atoms with Crippen molar-refractivity contribution in [2.75, 3.05) is 19.8 Å². The summed E-state index contributed by atoms with van der Waals surface area (Å²) in [6.07, 6.45) is 2.11. The molecule has 1 aliphatic heterocycles. The maximum Gasteiger partial charge on any atom is 0.411 e. The first-order chi connectivity index (χ1) is 9.74. The standard InChI is InChI=1S/C14H23NO5S/c1-5-9-19-11(17)15-8-6-7-14(15,10-16)21-12(18)20-13(2,3)4/h5,16H,1,6-10H2,2-4H3. The van der Waals surface area contributed by atoms with Crippen molar-refractivity contribution in [2.45, 2.75) is 44.1 Å². The van der Waals surface area contributed by atoms with Gasteiger partial charge in [-0.1, -0.05) is 12.7 Å². The number of rotatable bonds is 4. The second-order valence-electron chi connectivity index (χ2n) is 5.79. The molecule has 1 amide bonds. The Morgan fingerprint density at radius 3 is 2.67 bits per heavy atom. The molecule has 21 heavy (non-hydrogen) atoms. The number of aliphatic hydroxyl groups is 1. The molecule has 1 heterocycles. The van der Waals surface area contributed by atoms with Crippen LogP contribution in [0.4, 0.5) is 9.59 Å². The van der Waals surface area contributed by atoms with Gasteiger partial charge in [-0.25, -0.2) is 9.59 Å². The van der Waals surface area contributed by atoms with Gasteiger partial charge in [-0.05, 0) is 45.4 Å². The number of likely N-dealkylation sites (tertiary alicyclic amines) is 1. The molecule has 0 aromatic carbocycles. The Bertz CT molecular complexity index is 407. The van der Waals surface area contributed by atoms with Crippen LogP contribution >= 0.6 is 11.8 Å². The van der Waals surface area contributed by atoms with Crippen molar-refractivity contribution < 1.29 is 24.2 Å². The van der Waals surface area contributed by atoms with E-state index >= 15 is 0 Å². The third-order valence-electron chi connectivity index (χ3n) is 2.90. The molecular formula is C14H23NO5S. The summed E-state index contributed by atoms with van der Waals surface area (Å²) in [5.74, 6) is 0. The van der Waals surface area contributed by atoms with Crippen molar-refractivity contribution in [1.82, 2.24) is 4.90 Å². The van der Waals surface area contributed by atoms with Gasteiger partial charge in [0.2, 0.25) is 0 Å². The normalized spacial score (nSPS) is 22.0. The molecule has 1 unspecified atom stereocenters. The van der Waals surface area contributed by atoms with E-state index in [0.717, 1.165) is 11.8 Å². The van der Waals surface area contributed by atoms with Crippen molar-refractivity contribution in [3.8, 4) is 0 Å². The molecule has 1 saturated heterocycles. The fraction of sp³-hybridized carbons (Fsp3) is 0.714. The fourth-order valence-electron chi connectivity index (χ4n) is 2.05. The first kappa shape index (κ1) is 17.8. The van der Waals surface area contributed by atoms with E-state index in [1.165, 1.54) is 11.0 Å². The topological polar surface area (TPSA) is 76.1 Å². The lowest BCUT2D eigenvalue weighted by atomic mass is 10.2. The van der Waals surface area contributed by atoms with Crippen LogP contribution in [-0.4, -0.2) is 51.6 Å². The molecule has 1 rings (SSSR count). The van der Waals surface area contributed by atoms with Gasteiger partial charge in [-0.15, -0.1) is 0 Å². The SMILES string of the molecule is C=CCOC(=O)N1CCCC1(CO)SC(=O)OC(C)(C)C. The lowest BCUT2D eigenvalue weighted by molar-refractivity contribution is 0.0697. The van der Waals surface area contributed by atoms with Gasteiger partial charge < -0.3 is 14.6 Å². The molecular weight excluding hydrogens is 294 g/mol. The van der Waals surface area contributed by atoms with Crippen molar-refractivity contribution in [2.24, 2.45) is 0 Å². The quantitative estimate of drug-likeness (QED) is 0.634. The molecule has 0 aromatic rings. The Morgan fingerprint density at radius 1 is 1.48 bits per heavy atom. The molecule has 0 bridgehead atoms. The number of hydrogen-bond acceptors (Lipinski definition) is 6. The number of nitrogens with zero attached hydrogens (tertiary/aromatic N) is 1. The van der Waals surface area contributed by atoms with Crippen molar-refractivity contribution in [3.63, 3.8) is 0 Å². The van der Waals surface area contributed by atoms with Crippen LogP contribution in [0.3, 0.4) is 0 Å². The summed E-state index contributed by atoms with van der Waals surface area (Å²) in [4.78, 5) is 24.4. The van der Waals surface area contributed by atoms with Gasteiger partial charge >= 0.3 is 11.4 Å². The molecule has 0 aromatic heterocycles. The number of aliphatic hydroxyl groups excluding tert-OH is 1. The molecule has 0 spiro atoms. The molecule has 1 aliphatic rings. The molecule has 1 atom stereocenters. The number of ether oxygens (including phenoxy) is 2. The second-order valence-corrected chi connectivity index (χ2v) is 7.09. The largest absolute Gasteiger partial charge is 0.452 e. The molecule has 7 heteroatoms. The fourth-order valence-corrected chi connectivity index (χ4v) is 3.24.